The van der Waals surface area contributed by atoms with Crippen LogP contribution in [0.1, 0.15) is 28.8 Å². The molecule has 0 aliphatic carbocycles. The summed E-state index contributed by atoms with van der Waals surface area (Å²) in [6.07, 6.45) is 1.51. The van der Waals surface area contributed by atoms with E-state index >= 15 is 0 Å². The molecule has 2 rings (SSSR count). The first-order valence-corrected chi connectivity index (χ1v) is 8.00. The van der Waals surface area contributed by atoms with Gasteiger partial charge in [-0.2, -0.15) is 0 Å². The molecule has 0 atom stereocenters. The van der Waals surface area contributed by atoms with Gasteiger partial charge < -0.3 is 10.4 Å². The SMILES string of the molecule is O=C(O)CCCc1ccc(NC(=O)c2ccc(I)cc2)cc1. The van der Waals surface area contributed by atoms with Crippen LogP contribution in [0.3, 0.4) is 0 Å². The lowest BCUT2D eigenvalue weighted by Gasteiger charge is -2.07. The summed E-state index contributed by atoms with van der Waals surface area (Å²) in [4.78, 5) is 22.6. The van der Waals surface area contributed by atoms with Crippen molar-refractivity contribution in [3.8, 4) is 0 Å². The summed E-state index contributed by atoms with van der Waals surface area (Å²) in [6.45, 7) is 0. The Hall–Kier alpha value is -1.89. The summed E-state index contributed by atoms with van der Waals surface area (Å²) in [6, 6.07) is 14.8. The van der Waals surface area contributed by atoms with Gasteiger partial charge in [0.2, 0.25) is 0 Å². The number of halogens is 1. The van der Waals surface area contributed by atoms with Crippen molar-refractivity contribution in [2.24, 2.45) is 0 Å². The molecule has 0 radical (unpaired) electrons. The van der Waals surface area contributed by atoms with E-state index in [-0.39, 0.29) is 12.3 Å². The number of nitrogens with one attached hydrogen (secondary N) is 1. The maximum Gasteiger partial charge on any atom is 0.303 e. The number of carbonyl (C=O) groups excluding carboxylic acids is 1. The quantitative estimate of drug-likeness (QED) is 0.711. The molecule has 0 unspecified atom stereocenters. The van der Waals surface area contributed by atoms with Crippen LogP contribution >= 0.6 is 22.6 Å². The first-order chi connectivity index (χ1) is 10.5. The van der Waals surface area contributed by atoms with Gasteiger partial charge in [0.05, 0.1) is 0 Å². The van der Waals surface area contributed by atoms with Crippen molar-refractivity contribution in [1.29, 1.82) is 0 Å². The molecular formula is C17H16INO3. The molecule has 0 aromatic heterocycles. The molecule has 0 aliphatic heterocycles. The van der Waals surface area contributed by atoms with E-state index in [0.29, 0.717) is 12.0 Å². The molecule has 0 fully saturated rings. The van der Waals surface area contributed by atoms with Crippen LogP contribution in [0, 0.1) is 3.57 Å². The fourth-order valence-electron chi connectivity index (χ4n) is 2.00. The number of benzene rings is 2. The molecule has 114 valence electrons. The minimum Gasteiger partial charge on any atom is -0.481 e. The highest BCUT2D eigenvalue weighted by Crippen LogP contribution is 2.14. The molecule has 2 aromatic rings. The van der Waals surface area contributed by atoms with Crippen LogP contribution in [0.5, 0.6) is 0 Å². The van der Waals surface area contributed by atoms with Gasteiger partial charge >= 0.3 is 5.97 Å². The Morgan fingerprint density at radius 1 is 1.00 bits per heavy atom. The van der Waals surface area contributed by atoms with Crippen molar-refractivity contribution in [3.05, 3.63) is 63.2 Å². The Morgan fingerprint density at radius 2 is 1.64 bits per heavy atom. The highest BCUT2D eigenvalue weighted by molar-refractivity contribution is 14.1. The normalized spacial score (nSPS) is 10.2. The molecule has 0 saturated heterocycles. The maximum atomic E-state index is 12.1. The zero-order valence-electron chi connectivity index (χ0n) is 11.9. The van der Waals surface area contributed by atoms with E-state index in [1.54, 1.807) is 12.1 Å². The van der Waals surface area contributed by atoms with Gasteiger partial charge in [-0.25, -0.2) is 0 Å². The fourth-order valence-corrected chi connectivity index (χ4v) is 2.36. The second-order valence-corrected chi connectivity index (χ2v) is 6.15. The monoisotopic (exact) mass is 409 g/mol. The van der Waals surface area contributed by atoms with E-state index < -0.39 is 5.97 Å². The van der Waals surface area contributed by atoms with Gasteiger partial charge in [-0.05, 0) is 77.4 Å². The first-order valence-electron chi connectivity index (χ1n) is 6.92. The maximum absolute atomic E-state index is 12.1. The van der Waals surface area contributed by atoms with Gasteiger partial charge in [-0.1, -0.05) is 12.1 Å². The highest BCUT2D eigenvalue weighted by Gasteiger charge is 2.06. The van der Waals surface area contributed by atoms with E-state index in [4.69, 9.17) is 5.11 Å². The smallest absolute Gasteiger partial charge is 0.303 e. The van der Waals surface area contributed by atoms with Crippen LogP contribution in [0.2, 0.25) is 0 Å². The minimum absolute atomic E-state index is 0.143. The summed E-state index contributed by atoms with van der Waals surface area (Å²) < 4.78 is 1.08. The average Bonchev–Trinajstić information content (AvgIpc) is 2.49. The number of aliphatic carboxylic acids is 1. The third-order valence-corrected chi connectivity index (χ3v) is 3.89. The second-order valence-electron chi connectivity index (χ2n) is 4.91. The van der Waals surface area contributed by atoms with E-state index in [2.05, 4.69) is 27.9 Å². The Balaban J connectivity index is 1.91. The Bertz CT molecular complexity index is 651. The molecule has 0 heterocycles. The predicted molar refractivity (Wildman–Crippen MR) is 94.1 cm³/mol. The number of carbonyl (C=O) groups is 2. The Labute approximate surface area is 142 Å². The number of hydrogen-bond acceptors (Lipinski definition) is 2. The lowest BCUT2D eigenvalue weighted by Crippen LogP contribution is -2.11. The van der Waals surface area contributed by atoms with Crippen molar-refractivity contribution in [2.75, 3.05) is 5.32 Å². The molecule has 5 heteroatoms. The first kappa shape index (κ1) is 16.5. The van der Waals surface area contributed by atoms with Crippen LogP contribution in [0.15, 0.2) is 48.5 Å². The molecule has 4 nitrogen and oxygen atoms in total. The topological polar surface area (TPSA) is 66.4 Å². The average molecular weight is 409 g/mol. The molecule has 0 aliphatic rings. The second kappa shape index (κ2) is 7.93. The van der Waals surface area contributed by atoms with Crippen LogP contribution in [0.25, 0.3) is 0 Å². The van der Waals surface area contributed by atoms with E-state index in [9.17, 15) is 9.59 Å². The van der Waals surface area contributed by atoms with Gasteiger partial charge in [-0.15, -0.1) is 0 Å². The van der Waals surface area contributed by atoms with Gasteiger partial charge in [0.15, 0.2) is 0 Å². The number of carboxylic acid groups (broad SMARTS) is 1. The zero-order valence-corrected chi connectivity index (χ0v) is 14.0. The van der Waals surface area contributed by atoms with Gasteiger partial charge in [0, 0.05) is 21.2 Å². The van der Waals surface area contributed by atoms with Gasteiger partial charge in [-0.3, -0.25) is 9.59 Å². The van der Waals surface area contributed by atoms with E-state index in [1.807, 2.05) is 36.4 Å². The van der Waals surface area contributed by atoms with Crippen LogP contribution in [0.4, 0.5) is 5.69 Å². The standard InChI is InChI=1S/C17H16INO3/c18-14-8-6-13(7-9-14)17(22)19-15-10-4-12(5-11-15)2-1-3-16(20)21/h4-11H,1-3H2,(H,19,22)(H,20,21). The molecule has 1 amide bonds. The summed E-state index contributed by atoms with van der Waals surface area (Å²) >= 11 is 2.19. The molecule has 0 bridgehead atoms. The third kappa shape index (κ3) is 5.14. The van der Waals surface area contributed by atoms with Crippen molar-refractivity contribution >= 4 is 40.2 Å². The van der Waals surface area contributed by atoms with Crippen LogP contribution in [-0.2, 0) is 11.2 Å². The number of anilines is 1. The number of carboxylic acids is 1. The lowest BCUT2D eigenvalue weighted by atomic mass is 10.1. The number of amides is 1. The van der Waals surface area contributed by atoms with E-state index in [1.165, 1.54) is 0 Å². The fraction of sp³-hybridized carbons (Fsp3) is 0.176. The molecular weight excluding hydrogens is 393 g/mol. The van der Waals surface area contributed by atoms with Crippen LogP contribution < -0.4 is 5.32 Å². The summed E-state index contributed by atoms with van der Waals surface area (Å²) in [5.74, 6) is -0.920. The van der Waals surface area contributed by atoms with Crippen LogP contribution in [-0.4, -0.2) is 17.0 Å². The lowest BCUT2D eigenvalue weighted by molar-refractivity contribution is -0.137. The highest BCUT2D eigenvalue weighted by atomic mass is 127. The van der Waals surface area contributed by atoms with Gasteiger partial charge in [0.1, 0.15) is 0 Å². The number of rotatable bonds is 6. The summed E-state index contributed by atoms with van der Waals surface area (Å²) in [7, 11) is 0. The summed E-state index contributed by atoms with van der Waals surface area (Å²) in [5.41, 5.74) is 2.41. The van der Waals surface area contributed by atoms with E-state index in [0.717, 1.165) is 21.2 Å². The molecule has 0 spiro atoms. The Morgan fingerprint density at radius 3 is 2.23 bits per heavy atom. The van der Waals surface area contributed by atoms with Crippen molar-refractivity contribution in [2.45, 2.75) is 19.3 Å². The predicted octanol–water partition coefficient (Wildman–Crippen LogP) is 3.95. The zero-order chi connectivity index (χ0) is 15.9. The largest absolute Gasteiger partial charge is 0.481 e. The number of aryl methyl sites for hydroxylation is 1. The number of hydrogen-bond donors (Lipinski definition) is 2. The van der Waals surface area contributed by atoms with Crippen molar-refractivity contribution in [3.63, 3.8) is 0 Å². The third-order valence-electron chi connectivity index (χ3n) is 3.17. The molecule has 22 heavy (non-hydrogen) atoms. The Kier molecular flexibility index (Phi) is 5.94. The van der Waals surface area contributed by atoms with Crippen molar-refractivity contribution in [1.82, 2.24) is 0 Å². The molecule has 2 aromatic carbocycles. The summed E-state index contributed by atoms with van der Waals surface area (Å²) in [5, 5.41) is 11.5. The van der Waals surface area contributed by atoms with Gasteiger partial charge in [0.25, 0.3) is 5.91 Å². The molecule has 2 N–H and O–H groups in total. The van der Waals surface area contributed by atoms with Crippen molar-refractivity contribution < 1.29 is 14.7 Å². The minimum atomic E-state index is -0.776. The molecule has 0 saturated carbocycles.